The van der Waals surface area contributed by atoms with Crippen LogP contribution in [0.1, 0.15) is 26.7 Å². The summed E-state index contributed by atoms with van der Waals surface area (Å²) in [6.07, 6.45) is -3.93. The summed E-state index contributed by atoms with van der Waals surface area (Å²) in [6.45, 7) is 2.18. The first-order chi connectivity index (χ1) is 7.92. The van der Waals surface area contributed by atoms with E-state index >= 15 is 0 Å². The molecule has 7 heteroatoms. The fourth-order valence-electron chi connectivity index (χ4n) is 0.873. The summed E-state index contributed by atoms with van der Waals surface area (Å²) in [5.74, 6) is -1.71. The third-order valence-corrected chi connectivity index (χ3v) is 1.78. The molecule has 100 valence electrons. The van der Waals surface area contributed by atoms with E-state index in [1.807, 2.05) is 0 Å². The molecular formula is C10H18O7. The van der Waals surface area contributed by atoms with Crippen LogP contribution in [0.15, 0.2) is 0 Å². The van der Waals surface area contributed by atoms with Gasteiger partial charge in [-0.05, 0) is 13.3 Å². The van der Waals surface area contributed by atoms with Crippen molar-refractivity contribution < 1.29 is 34.4 Å². The molecule has 0 radical (unpaired) electrons. The van der Waals surface area contributed by atoms with Crippen LogP contribution < -0.4 is 0 Å². The van der Waals surface area contributed by atoms with Crippen LogP contribution in [0.4, 0.5) is 0 Å². The Balaban J connectivity index is 4.43. The van der Waals surface area contributed by atoms with Crippen molar-refractivity contribution in [2.75, 3.05) is 6.61 Å². The molecule has 0 aromatic rings. The van der Waals surface area contributed by atoms with Crippen molar-refractivity contribution >= 4 is 11.9 Å². The number of esters is 2. The summed E-state index contributed by atoms with van der Waals surface area (Å²) in [6, 6.07) is 0. The summed E-state index contributed by atoms with van der Waals surface area (Å²) >= 11 is 0. The molecule has 0 spiro atoms. The van der Waals surface area contributed by atoms with Crippen molar-refractivity contribution in [1.29, 1.82) is 0 Å². The second kappa shape index (κ2) is 7.99. The van der Waals surface area contributed by atoms with Crippen LogP contribution in [-0.4, -0.2) is 52.4 Å². The molecule has 0 aromatic carbocycles. The Hall–Kier alpha value is -1.18. The van der Waals surface area contributed by atoms with Crippen molar-refractivity contribution in [3.63, 3.8) is 0 Å². The van der Waals surface area contributed by atoms with E-state index in [-0.39, 0.29) is 6.42 Å². The van der Waals surface area contributed by atoms with E-state index in [1.165, 1.54) is 6.92 Å². The van der Waals surface area contributed by atoms with Gasteiger partial charge >= 0.3 is 11.9 Å². The quantitative estimate of drug-likeness (QED) is 0.389. The van der Waals surface area contributed by atoms with E-state index in [1.54, 1.807) is 6.92 Å². The minimum atomic E-state index is -1.61. The summed E-state index contributed by atoms with van der Waals surface area (Å²) in [5, 5.41) is 26.9. The molecule has 17 heavy (non-hydrogen) atoms. The van der Waals surface area contributed by atoms with Crippen LogP contribution in [0.25, 0.3) is 0 Å². The van der Waals surface area contributed by atoms with Crippen molar-refractivity contribution in [3.05, 3.63) is 0 Å². The van der Waals surface area contributed by atoms with Gasteiger partial charge in [0, 0.05) is 6.42 Å². The van der Waals surface area contributed by atoms with Gasteiger partial charge in [-0.3, -0.25) is 4.79 Å². The lowest BCUT2D eigenvalue weighted by Gasteiger charge is -2.22. The highest BCUT2D eigenvalue weighted by molar-refractivity contribution is 5.74. The summed E-state index contributed by atoms with van der Waals surface area (Å²) in [4.78, 5) is 22.2. The fourth-order valence-corrected chi connectivity index (χ4v) is 0.873. The smallest absolute Gasteiger partial charge is 0.337 e. The van der Waals surface area contributed by atoms with Crippen LogP contribution in [-0.2, 0) is 19.1 Å². The molecule has 0 saturated carbocycles. The maximum absolute atomic E-state index is 11.2. The molecule has 0 aromatic heterocycles. The number of carbonyl (C=O) groups is 2. The Morgan fingerprint density at radius 1 is 1.24 bits per heavy atom. The van der Waals surface area contributed by atoms with Gasteiger partial charge in [0.15, 0.2) is 6.10 Å². The average molecular weight is 250 g/mol. The first kappa shape index (κ1) is 15.8. The van der Waals surface area contributed by atoms with Crippen LogP contribution >= 0.6 is 0 Å². The Labute approximate surface area is 99.0 Å². The minimum absolute atomic E-state index is 0.0981. The number of hydrogen-bond donors (Lipinski definition) is 3. The SMILES string of the molecule is CCCC(=O)OC(OC(=O)C(C)O)C(O)CO. The molecule has 0 rings (SSSR count). The summed E-state index contributed by atoms with van der Waals surface area (Å²) in [5.41, 5.74) is 0. The highest BCUT2D eigenvalue weighted by atomic mass is 16.7. The molecule has 3 atom stereocenters. The van der Waals surface area contributed by atoms with E-state index in [0.717, 1.165) is 0 Å². The van der Waals surface area contributed by atoms with E-state index in [2.05, 4.69) is 9.47 Å². The maximum Gasteiger partial charge on any atom is 0.337 e. The molecule has 7 nitrogen and oxygen atoms in total. The molecular weight excluding hydrogens is 232 g/mol. The zero-order valence-corrected chi connectivity index (χ0v) is 9.83. The number of aliphatic hydroxyl groups is 3. The predicted molar refractivity (Wildman–Crippen MR) is 55.7 cm³/mol. The van der Waals surface area contributed by atoms with Crippen LogP contribution in [0.2, 0.25) is 0 Å². The number of aliphatic hydroxyl groups excluding tert-OH is 3. The summed E-state index contributed by atoms with van der Waals surface area (Å²) in [7, 11) is 0. The monoisotopic (exact) mass is 250 g/mol. The third kappa shape index (κ3) is 6.20. The molecule has 0 fully saturated rings. The Kier molecular flexibility index (Phi) is 7.44. The average Bonchev–Trinajstić information content (AvgIpc) is 2.27. The molecule has 0 bridgehead atoms. The topological polar surface area (TPSA) is 113 Å². The molecule has 0 amide bonds. The molecule has 3 unspecified atom stereocenters. The molecule has 0 saturated heterocycles. The van der Waals surface area contributed by atoms with Gasteiger partial charge in [0.05, 0.1) is 6.61 Å². The standard InChI is InChI=1S/C10H18O7/c1-3-4-8(14)16-10(7(13)5-11)17-9(15)6(2)12/h6-7,10-13H,3-5H2,1-2H3. The van der Waals surface area contributed by atoms with Crippen molar-refractivity contribution in [1.82, 2.24) is 0 Å². The lowest BCUT2D eigenvalue weighted by atomic mass is 10.3. The first-order valence-electron chi connectivity index (χ1n) is 5.29. The van der Waals surface area contributed by atoms with Crippen LogP contribution in [0.5, 0.6) is 0 Å². The highest BCUT2D eigenvalue weighted by Gasteiger charge is 2.28. The largest absolute Gasteiger partial charge is 0.422 e. The second-order valence-corrected chi connectivity index (χ2v) is 3.47. The molecule has 3 N–H and O–H groups in total. The van der Waals surface area contributed by atoms with Gasteiger partial charge in [-0.25, -0.2) is 4.79 Å². The second-order valence-electron chi connectivity index (χ2n) is 3.47. The number of carbonyl (C=O) groups excluding carboxylic acids is 2. The van der Waals surface area contributed by atoms with Gasteiger partial charge in [-0.1, -0.05) is 6.92 Å². The Bertz CT molecular complexity index is 251. The third-order valence-electron chi connectivity index (χ3n) is 1.78. The van der Waals surface area contributed by atoms with Crippen molar-refractivity contribution in [2.24, 2.45) is 0 Å². The van der Waals surface area contributed by atoms with Crippen molar-refractivity contribution in [3.8, 4) is 0 Å². The van der Waals surface area contributed by atoms with Crippen LogP contribution in [0, 0.1) is 0 Å². The van der Waals surface area contributed by atoms with E-state index in [0.29, 0.717) is 6.42 Å². The van der Waals surface area contributed by atoms with E-state index in [4.69, 9.17) is 10.2 Å². The van der Waals surface area contributed by atoms with Crippen molar-refractivity contribution in [2.45, 2.75) is 45.2 Å². The zero-order chi connectivity index (χ0) is 13.4. The Morgan fingerprint density at radius 2 is 1.82 bits per heavy atom. The predicted octanol–water partition coefficient (Wildman–Crippen LogP) is -1.07. The fraction of sp³-hybridized carbons (Fsp3) is 0.800. The van der Waals surface area contributed by atoms with Crippen LogP contribution in [0.3, 0.4) is 0 Å². The molecule has 0 aliphatic heterocycles. The lowest BCUT2D eigenvalue weighted by molar-refractivity contribution is -0.214. The lowest BCUT2D eigenvalue weighted by Crippen LogP contribution is -2.39. The highest BCUT2D eigenvalue weighted by Crippen LogP contribution is 2.06. The number of ether oxygens (including phenoxy) is 2. The van der Waals surface area contributed by atoms with Gasteiger partial charge < -0.3 is 24.8 Å². The van der Waals surface area contributed by atoms with E-state index < -0.39 is 37.0 Å². The maximum atomic E-state index is 11.2. The summed E-state index contributed by atoms with van der Waals surface area (Å²) < 4.78 is 9.20. The van der Waals surface area contributed by atoms with Gasteiger partial charge in [-0.15, -0.1) is 0 Å². The Morgan fingerprint density at radius 3 is 2.24 bits per heavy atom. The number of hydrogen-bond acceptors (Lipinski definition) is 7. The number of rotatable bonds is 7. The first-order valence-corrected chi connectivity index (χ1v) is 5.29. The van der Waals surface area contributed by atoms with Gasteiger partial charge in [-0.2, -0.15) is 0 Å². The molecule has 0 aliphatic rings. The van der Waals surface area contributed by atoms with Gasteiger partial charge in [0.2, 0.25) is 0 Å². The van der Waals surface area contributed by atoms with E-state index in [9.17, 15) is 14.7 Å². The molecule has 0 aliphatic carbocycles. The normalized spacial score (nSPS) is 15.8. The van der Waals surface area contributed by atoms with Gasteiger partial charge in [0.25, 0.3) is 6.29 Å². The minimum Gasteiger partial charge on any atom is -0.422 e. The van der Waals surface area contributed by atoms with Gasteiger partial charge in [0.1, 0.15) is 6.10 Å². The zero-order valence-electron chi connectivity index (χ0n) is 9.83. The molecule has 0 heterocycles.